The van der Waals surface area contributed by atoms with Crippen molar-refractivity contribution in [1.29, 1.82) is 0 Å². The Morgan fingerprint density at radius 2 is 1.83 bits per heavy atom. The number of nitrogens with one attached hydrogen (secondary N) is 2. The van der Waals surface area contributed by atoms with Gasteiger partial charge in [0.15, 0.2) is 6.61 Å². The highest BCUT2D eigenvalue weighted by Gasteiger charge is 2.33. The second kappa shape index (κ2) is 9.25. The number of hydrogen-bond donors (Lipinski definition) is 2. The van der Waals surface area contributed by atoms with E-state index in [0.29, 0.717) is 17.8 Å². The smallest absolute Gasteiger partial charge is 0.416 e. The lowest BCUT2D eigenvalue weighted by Gasteiger charge is -2.16. The summed E-state index contributed by atoms with van der Waals surface area (Å²) in [5.74, 6) is -1.51. The number of esters is 1. The van der Waals surface area contributed by atoms with Crippen LogP contribution >= 0.6 is 0 Å². The molecule has 2 aromatic carbocycles. The third kappa shape index (κ3) is 5.93. The molecule has 1 amide bonds. The van der Waals surface area contributed by atoms with Gasteiger partial charge in [0.2, 0.25) is 0 Å². The van der Waals surface area contributed by atoms with Gasteiger partial charge in [-0.1, -0.05) is 18.2 Å². The number of carbonyl (C=O) groups excluding carboxylic acids is 2. The first kappa shape index (κ1) is 22.7. The Bertz CT molecular complexity index is 963. The van der Waals surface area contributed by atoms with Gasteiger partial charge in [-0.15, -0.1) is 0 Å². The second-order valence-corrected chi connectivity index (χ2v) is 6.32. The Labute approximate surface area is 169 Å². The SMILES string of the molecule is Cc1ccccc1NC(=O)COC(=O)[C@H](C)Nc1ccc(C(F)(F)F)cc1[N+](=O)[O-]. The lowest BCUT2D eigenvalue weighted by atomic mass is 10.1. The molecule has 8 nitrogen and oxygen atoms in total. The van der Waals surface area contributed by atoms with Crippen LogP contribution in [0.3, 0.4) is 0 Å². The van der Waals surface area contributed by atoms with Gasteiger partial charge < -0.3 is 15.4 Å². The van der Waals surface area contributed by atoms with Crippen molar-refractivity contribution in [2.24, 2.45) is 0 Å². The molecular formula is C19H18F3N3O5. The number of aryl methyl sites for hydroxylation is 1. The first-order chi connectivity index (χ1) is 14.0. The van der Waals surface area contributed by atoms with Crippen molar-refractivity contribution >= 4 is 28.9 Å². The van der Waals surface area contributed by atoms with Crippen LogP contribution in [-0.4, -0.2) is 29.4 Å². The molecule has 0 radical (unpaired) electrons. The summed E-state index contributed by atoms with van der Waals surface area (Å²) >= 11 is 0. The number of halogens is 3. The van der Waals surface area contributed by atoms with Crippen molar-refractivity contribution in [3.05, 3.63) is 63.7 Å². The van der Waals surface area contributed by atoms with E-state index >= 15 is 0 Å². The van der Waals surface area contributed by atoms with Crippen LogP contribution in [0.5, 0.6) is 0 Å². The van der Waals surface area contributed by atoms with Crippen LogP contribution in [0.2, 0.25) is 0 Å². The van der Waals surface area contributed by atoms with E-state index in [0.717, 1.165) is 11.6 Å². The minimum absolute atomic E-state index is 0.290. The number of ether oxygens (including phenoxy) is 1. The van der Waals surface area contributed by atoms with Crippen LogP contribution in [0.15, 0.2) is 42.5 Å². The number of carbonyl (C=O) groups is 2. The van der Waals surface area contributed by atoms with Gasteiger partial charge in [0.05, 0.1) is 10.5 Å². The first-order valence-electron chi connectivity index (χ1n) is 8.63. The summed E-state index contributed by atoms with van der Waals surface area (Å²) in [5, 5.41) is 16.1. The summed E-state index contributed by atoms with van der Waals surface area (Å²) < 4.78 is 43.1. The highest BCUT2D eigenvalue weighted by molar-refractivity contribution is 5.94. The Kier molecular flexibility index (Phi) is 6.98. The maximum atomic E-state index is 12.8. The highest BCUT2D eigenvalue weighted by Crippen LogP contribution is 2.35. The molecule has 0 saturated carbocycles. The Balaban J connectivity index is 1.99. The molecule has 0 bridgehead atoms. The zero-order chi connectivity index (χ0) is 22.5. The number of hydrogen-bond acceptors (Lipinski definition) is 6. The molecule has 2 aromatic rings. The molecule has 0 unspecified atom stereocenters. The molecule has 0 aliphatic carbocycles. The number of rotatable bonds is 7. The maximum Gasteiger partial charge on any atom is 0.416 e. The molecule has 0 fully saturated rings. The number of anilines is 2. The zero-order valence-corrected chi connectivity index (χ0v) is 15.9. The lowest BCUT2D eigenvalue weighted by molar-refractivity contribution is -0.384. The molecule has 0 aliphatic rings. The molecule has 11 heteroatoms. The summed E-state index contributed by atoms with van der Waals surface area (Å²) in [6, 6.07) is 7.69. The third-order valence-corrected chi connectivity index (χ3v) is 4.01. The summed E-state index contributed by atoms with van der Waals surface area (Å²) in [6.07, 6.45) is -4.75. The van der Waals surface area contributed by atoms with E-state index < -0.39 is 46.9 Å². The lowest BCUT2D eigenvalue weighted by Crippen LogP contribution is -2.31. The Hall–Kier alpha value is -3.63. The fourth-order valence-electron chi connectivity index (χ4n) is 2.43. The van der Waals surface area contributed by atoms with Gasteiger partial charge in [0.25, 0.3) is 11.6 Å². The zero-order valence-electron chi connectivity index (χ0n) is 15.9. The molecule has 0 aromatic heterocycles. The van der Waals surface area contributed by atoms with Crippen molar-refractivity contribution in [3.63, 3.8) is 0 Å². The van der Waals surface area contributed by atoms with Crippen molar-refractivity contribution in [3.8, 4) is 0 Å². The fourth-order valence-corrected chi connectivity index (χ4v) is 2.43. The third-order valence-electron chi connectivity index (χ3n) is 4.01. The largest absolute Gasteiger partial charge is 0.454 e. The van der Waals surface area contributed by atoms with E-state index in [-0.39, 0.29) is 5.69 Å². The standard InChI is InChI=1S/C19H18F3N3O5/c1-11-5-3-4-6-14(11)24-17(26)10-30-18(27)12(2)23-15-8-7-13(19(20,21)22)9-16(15)25(28)29/h3-9,12,23H,10H2,1-2H3,(H,24,26)/t12-/m0/s1. The van der Waals surface area contributed by atoms with Gasteiger partial charge in [-0.25, -0.2) is 4.79 Å². The summed E-state index contributed by atoms with van der Waals surface area (Å²) in [5.41, 5.74) is -0.974. The average Bonchev–Trinajstić information content (AvgIpc) is 2.67. The fraction of sp³-hybridized carbons (Fsp3) is 0.263. The molecule has 0 heterocycles. The molecule has 0 saturated heterocycles. The number of benzene rings is 2. The molecule has 160 valence electrons. The van der Waals surface area contributed by atoms with Crippen LogP contribution in [-0.2, 0) is 20.5 Å². The number of para-hydroxylation sites is 1. The molecule has 1 atom stereocenters. The average molecular weight is 425 g/mol. The van der Waals surface area contributed by atoms with Crippen molar-refractivity contribution in [1.82, 2.24) is 0 Å². The number of amides is 1. The minimum atomic E-state index is -4.75. The normalized spacial score (nSPS) is 12.0. The van der Waals surface area contributed by atoms with Crippen molar-refractivity contribution in [2.45, 2.75) is 26.1 Å². The molecule has 30 heavy (non-hydrogen) atoms. The van der Waals surface area contributed by atoms with E-state index in [9.17, 15) is 32.9 Å². The first-order valence-corrected chi connectivity index (χ1v) is 8.63. The number of alkyl halides is 3. The van der Waals surface area contributed by atoms with E-state index in [1.165, 1.54) is 6.92 Å². The summed E-state index contributed by atoms with van der Waals surface area (Å²) in [7, 11) is 0. The van der Waals surface area contributed by atoms with E-state index in [2.05, 4.69) is 10.6 Å². The van der Waals surface area contributed by atoms with Gasteiger partial charge in [0.1, 0.15) is 11.7 Å². The summed E-state index contributed by atoms with van der Waals surface area (Å²) in [4.78, 5) is 34.1. The van der Waals surface area contributed by atoms with Crippen LogP contribution in [0.25, 0.3) is 0 Å². The van der Waals surface area contributed by atoms with E-state index in [1.807, 2.05) is 0 Å². The topological polar surface area (TPSA) is 111 Å². The van der Waals surface area contributed by atoms with E-state index in [1.54, 1.807) is 31.2 Å². The second-order valence-electron chi connectivity index (χ2n) is 6.32. The van der Waals surface area contributed by atoms with Gasteiger partial charge >= 0.3 is 12.1 Å². The highest BCUT2D eigenvalue weighted by atomic mass is 19.4. The van der Waals surface area contributed by atoms with E-state index in [4.69, 9.17) is 4.74 Å². The number of nitro benzene ring substituents is 1. The van der Waals surface area contributed by atoms with Crippen molar-refractivity contribution in [2.75, 3.05) is 17.2 Å². The van der Waals surface area contributed by atoms with Crippen LogP contribution in [0.4, 0.5) is 30.2 Å². The van der Waals surface area contributed by atoms with Gasteiger partial charge in [-0.3, -0.25) is 14.9 Å². The monoisotopic (exact) mass is 425 g/mol. The quantitative estimate of drug-likeness (QED) is 0.395. The van der Waals surface area contributed by atoms with Crippen molar-refractivity contribution < 1.29 is 32.4 Å². The molecular weight excluding hydrogens is 407 g/mol. The van der Waals surface area contributed by atoms with Gasteiger partial charge in [0, 0.05) is 11.8 Å². The van der Waals surface area contributed by atoms with Gasteiger partial charge in [-0.05, 0) is 37.6 Å². The Morgan fingerprint density at radius 1 is 1.17 bits per heavy atom. The summed E-state index contributed by atoms with van der Waals surface area (Å²) in [6.45, 7) is 2.47. The predicted octanol–water partition coefficient (Wildman–Crippen LogP) is 3.90. The Morgan fingerprint density at radius 3 is 2.43 bits per heavy atom. The van der Waals surface area contributed by atoms with Crippen LogP contribution in [0.1, 0.15) is 18.1 Å². The number of nitro groups is 1. The molecule has 0 aliphatic heterocycles. The number of nitrogens with zero attached hydrogens (tertiary/aromatic N) is 1. The minimum Gasteiger partial charge on any atom is -0.454 e. The molecule has 0 spiro atoms. The van der Waals surface area contributed by atoms with Crippen LogP contribution in [0, 0.1) is 17.0 Å². The maximum absolute atomic E-state index is 12.8. The van der Waals surface area contributed by atoms with Gasteiger partial charge in [-0.2, -0.15) is 13.2 Å². The molecule has 2 N–H and O–H groups in total. The molecule has 2 rings (SSSR count). The van der Waals surface area contributed by atoms with Crippen LogP contribution < -0.4 is 10.6 Å². The predicted molar refractivity (Wildman–Crippen MR) is 102 cm³/mol.